The Morgan fingerprint density at radius 1 is 1.21 bits per heavy atom. The predicted molar refractivity (Wildman–Crippen MR) is 113 cm³/mol. The van der Waals surface area contributed by atoms with Crippen molar-refractivity contribution in [3.05, 3.63) is 35.7 Å². The highest BCUT2D eigenvalue weighted by atomic mass is 32.2. The van der Waals surface area contributed by atoms with Crippen molar-refractivity contribution in [2.75, 3.05) is 24.7 Å². The van der Waals surface area contributed by atoms with Gasteiger partial charge in [0, 0.05) is 24.7 Å². The minimum absolute atomic E-state index is 0.0279. The van der Waals surface area contributed by atoms with Gasteiger partial charge in [0.15, 0.2) is 5.16 Å². The van der Waals surface area contributed by atoms with Gasteiger partial charge < -0.3 is 14.8 Å². The van der Waals surface area contributed by atoms with E-state index in [9.17, 15) is 9.59 Å². The monoisotopic (exact) mass is 413 g/mol. The molecular formula is C21H27N5O2S. The molecule has 1 N–H and O–H groups in total. The fourth-order valence-electron chi connectivity index (χ4n) is 3.36. The maximum absolute atomic E-state index is 12.5. The highest BCUT2D eigenvalue weighted by molar-refractivity contribution is 7.99. The molecule has 0 aliphatic heterocycles. The summed E-state index contributed by atoms with van der Waals surface area (Å²) >= 11 is 1.42. The molecule has 2 aromatic rings. The molecule has 0 radical (unpaired) electrons. The highest BCUT2D eigenvalue weighted by Gasteiger charge is 2.36. The zero-order valence-electron chi connectivity index (χ0n) is 16.9. The molecule has 8 heteroatoms. The number of aromatic nitrogens is 3. The maximum atomic E-state index is 12.5. The van der Waals surface area contributed by atoms with E-state index in [1.807, 2.05) is 31.2 Å². The van der Waals surface area contributed by atoms with Crippen molar-refractivity contribution in [2.45, 2.75) is 56.1 Å². The zero-order chi connectivity index (χ0) is 20.4. The van der Waals surface area contributed by atoms with Crippen LogP contribution in [0.15, 0.2) is 29.4 Å². The van der Waals surface area contributed by atoms with E-state index in [0.717, 1.165) is 28.7 Å². The number of para-hydroxylation sites is 1. The average molecular weight is 414 g/mol. The van der Waals surface area contributed by atoms with Crippen molar-refractivity contribution >= 4 is 29.3 Å². The standard InChI is InChI=1S/C21H27N5O2S/c1-3-14-6-4-5-7-17(14)22-18(27)12-25(2)19(28)13-29-21-24-23-20(15-8-9-15)26(21)16-10-11-16/h4-7,15-16H,3,8-13H2,1-2H3,(H,22,27). The summed E-state index contributed by atoms with van der Waals surface area (Å²) in [7, 11) is 1.66. The Labute approximate surface area is 175 Å². The van der Waals surface area contributed by atoms with Crippen LogP contribution in [0.1, 0.15) is 56.0 Å². The minimum atomic E-state index is -0.191. The van der Waals surface area contributed by atoms with Crippen molar-refractivity contribution in [1.29, 1.82) is 0 Å². The lowest BCUT2D eigenvalue weighted by Crippen LogP contribution is -2.36. The summed E-state index contributed by atoms with van der Waals surface area (Å²) in [6, 6.07) is 8.23. The molecule has 0 spiro atoms. The van der Waals surface area contributed by atoms with Gasteiger partial charge in [0.05, 0.1) is 12.3 Å². The Balaban J connectivity index is 1.30. The molecule has 0 saturated heterocycles. The van der Waals surface area contributed by atoms with Crippen LogP contribution >= 0.6 is 11.8 Å². The Hall–Kier alpha value is -2.35. The molecular weight excluding hydrogens is 386 g/mol. The highest BCUT2D eigenvalue weighted by Crippen LogP contribution is 2.45. The van der Waals surface area contributed by atoms with Crippen LogP contribution in [0.5, 0.6) is 0 Å². The molecule has 0 bridgehead atoms. The van der Waals surface area contributed by atoms with Crippen LogP contribution in [0.4, 0.5) is 5.69 Å². The number of anilines is 1. The van der Waals surface area contributed by atoms with Gasteiger partial charge in [-0.25, -0.2) is 0 Å². The molecule has 2 amide bonds. The van der Waals surface area contributed by atoms with E-state index in [4.69, 9.17) is 0 Å². The second-order valence-corrected chi connectivity index (χ2v) is 8.76. The molecule has 1 aromatic heterocycles. The summed E-state index contributed by atoms with van der Waals surface area (Å²) in [6.45, 7) is 2.08. The Morgan fingerprint density at radius 3 is 2.66 bits per heavy atom. The molecule has 2 aliphatic rings. The molecule has 2 aliphatic carbocycles. The number of thioether (sulfide) groups is 1. The second kappa shape index (κ2) is 8.57. The number of carbonyl (C=O) groups is 2. The molecule has 1 aromatic carbocycles. The van der Waals surface area contributed by atoms with E-state index in [2.05, 4.69) is 20.1 Å². The van der Waals surface area contributed by atoms with E-state index in [-0.39, 0.29) is 24.1 Å². The number of amides is 2. The summed E-state index contributed by atoms with van der Waals surface area (Å²) in [4.78, 5) is 26.4. The van der Waals surface area contributed by atoms with Crippen molar-refractivity contribution in [2.24, 2.45) is 0 Å². The predicted octanol–water partition coefficient (Wildman–Crippen LogP) is 3.24. The van der Waals surface area contributed by atoms with Crippen LogP contribution in [0.3, 0.4) is 0 Å². The van der Waals surface area contributed by atoms with Crippen LogP contribution in [-0.4, -0.2) is 50.8 Å². The fourth-order valence-corrected chi connectivity index (χ4v) is 4.32. The van der Waals surface area contributed by atoms with Gasteiger partial charge in [-0.05, 0) is 43.7 Å². The lowest BCUT2D eigenvalue weighted by atomic mass is 10.1. The van der Waals surface area contributed by atoms with Gasteiger partial charge in [-0.15, -0.1) is 10.2 Å². The first-order chi connectivity index (χ1) is 14.1. The van der Waals surface area contributed by atoms with Crippen LogP contribution < -0.4 is 5.32 Å². The number of nitrogens with zero attached hydrogens (tertiary/aromatic N) is 4. The van der Waals surface area contributed by atoms with Crippen LogP contribution in [0, 0.1) is 0 Å². The Bertz CT molecular complexity index is 904. The van der Waals surface area contributed by atoms with E-state index < -0.39 is 0 Å². The average Bonchev–Trinajstić information content (AvgIpc) is 3.65. The third kappa shape index (κ3) is 4.80. The molecule has 0 unspecified atom stereocenters. The smallest absolute Gasteiger partial charge is 0.243 e. The van der Waals surface area contributed by atoms with Gasteiger partial charge in [0.2, 0.25) is 11.8 Å². The maximum Gasteiger partial charge on any atom is 0.243 e. The van der Waals surface area contributed by atoms with E-state index in [0.29, 0.717) is 12.0 Å². The molecule has 0 atom stereocenters. The van der Waals surface area contributed by atoms with Gasteiger partial charge in [-0.2, -0.15) is 0 Å². The number of aryl methyl sites for hydroxylation is 1. The number of benzene rings is 1. The number of nitrogens with one attached hydrogen (secondary N) is 1. The van der Waals surface area contributed by atoms with Gasteiger partial charge in [-0.1, -0.05) is 36.9 Å². The van der Waals surface area contributed by atoms with Gasteiger partial charge in [0.1, 0.15) is 5.82 Å². The minimum Gasteiger partial charge on any atom is -0.336 e. The fraction of sp³-hybridized carbons (Fsp3) is 0.524. The normalized spacial score (nSPS) is 15.9. The number of hydrogen-bond donors (Lipinski definition) is 1. The van der Waals surface area contributed by atoms with Gasteiger partial charge >= 0.3 is 0 Å². The summed E-state index contributed by atoms with van der Waals surface area (Å²) in [5.41, 5.74) is 1.89. The molecule has 29 heavy (non-hydrogen) atoms. The SMILES string of the molecule is CCc1ccccc1NC(=O)CN(C)C(=O)CSc1nnc(C2CC2)n1C1CC1. The summed E-state index contributed by atoms with van der Waals surface area (Å²) in [5, 5.41) is 12.4. The number of rotatable bonds is 9. The summed E-state index contributed by atoms with van der Waals surface area (Å²) in [6.07, 6.45) is 5.55. The van der Waals surface area contributed by atoms with Crippen LogP contribution in [0.2, 0.25) is 0 Å². The number of hydrogen-bond acceptors (Lipinski definition) is 5. The largest absolute Gasteiger partial charge is 0.336 e. The van der Waals surface area contributed by atoms with Crippen LogP contribution in [0.25, 0.3) is 0 Å². The van der Waals surface area contributed by atoms with Gasteiger partial charge in [-0.3, -0.25) is 9.59 Å². The number of carbonyl (C=O) groups excluding carboxylic acids is 2. The zero-order valence-corrected chi connectivity index (χ0v) is 17.7. The molecule has 4 rings (SSSR count). The molecule has 2 saturated carbocycles. The second-order valence-electron chi connectivity index (χ2n) is 7.81. The Kier molecular flexibility index (Phi) is 5.89. The third-order valence-corrected chi connectivity index (χ3v) is 6.28. The molecule has 7 nitrogen and oxygen atoms in total. The van der Waals surface area contributed by atoms with Crippen molar-refractivity contribution in [1.82, 2.24) is 19.7 Å². The topological polar surface area (TPSA) is 80.1 Å². The lowest BCUT2D eigenvalue weighted by molar-refractivity contribution is -0.131. The van der Waals surface area contributed by atoms with Crippen molar-refractivity contribution < 1.29 is 9.59 Å². The first kappa shape index (κ1) is 19.9. The van der Waals surface area contributed by atoms with Crippen molar-refractivity contribution in [3.8, 4) is 0 Å². The Morgan fingerprint density at radius 2 is 1.97 bits per heavy atom. The first-order valence-electron chi connectivity index (χ1n) is 10.3. The van der Waals surface area contributed by atoms with E-state index >= 15 is 0 Å². The first-order valence-corrected chi connectivity index (χ1v) is 11.2. The van der Waals surface area contributed by atoms with Crippen molar-refractivity contribution in [3.63, 3.8) is 0 Å². The van der Waals surface area contributed by atoms with Crippen LogP contribution in [-0.2, 0) is 16.0 Å². The summed E-state index contributed by atoms with van der Waals surface area (Å²) in [5.74, 6) is 1.61. The quantitative estimate of drug-likeness (QED) is 0.639. The summed E-state index contributed by atoms with van der Waals surface area (Å²) < 4.78 is 2.24. The van der Waals surface area contributed by atoms with Gasteiger partial charge in [0.25, 0.3) is 0 Å². The van der Waals surface area contributed by atoms with E-state index in [1.54, 1.807) is 7.05 Å². The third-order valence-electron chi connectivity index (χ3n) is 5.35. The lowest BCUT2D eigenvalue weighted by Gasteiger charge is -2.17. The molecule has 1 heterocycles. The van der Waals surface area contributed by atoms with E-state index in [1.165, 1.54) is 42.3 Å². The molecule has 154 valence electrons. The molecule has 2 fully saturated rings. The number of likely N-dealkylation sites (N-methyl/N-ethyl adjacent to an activating group) is 1.